The second-order valence-electron chi connectivity index (χ2n) is 5.22. The van der Waals surface area contributed by atoms with Crippen LogP contribution in [-0.2, 0) is 23.5 Å². The first-order valence-electron chi connectivity index (χ1n) is 6.73. The maximum atomic E-state index is 12.1. The Morgan fingerprint density at radius 3 is 3.00 bits per heavy atom. The summed E-state index contributed by atoms with van der Waals surface area (Å²) in [6, 6.07) is 7.84. The monoisotopic (exact) mass is 307 g/mol. The van der Waals surface area contributed by atoms with Gasteiger partial charge in [0.2, 0.25) is 0 Å². The molecule has 1 N–H and O–H groups in total. The minimum atomic E-state index is -3.55. The van der Waals surface area contributed by atoms with Crippen LogP contribution in [0, 0.1) is 5.92 Å². The van der Waals surface area contributed by atoms with E-state index in [0.29, 0.717) is 13.2 Å². The quantitative estimate of drug-likeness (QED) is 0.913. The summed E-state index contributed by atoms with van der Waals surface area (Å²) in [6.07, 6.45) is 3.75. The molecule has 2 aromatic rings. The second-order valence-corrected chi connectivity index (χ2v) is 6.93. The van der Waals surface area contributed by atoms with Crippen LogP contribution in [0.2, 0.25) is 0 Å². The summed E-state index contributed by atoms with van der Waals surface area (Å²) in [4.78, 5) is 3.87. The van der Waals surface area contributed by atoms with Crippen molar-refractivity contribution < 1.29 is 13.2 Å². The highest BCUT2D eigenvalue weighted by Crippen LogP contribution is 2.26. The highest BCUT2D eigenvalue weighted by Gasteiger charge is 2.23. The summed E-state index contributed by atoms with van der Waals surface area (Å²) >= 11 is 0. The van der Waals surface area contributed by atoms with E-state index in [1.807, 2.05) is 24.3 Å². The molecule has 6 nitrogen and oxygen atoms in total. The van der Waals surface area contributed by atoms with Crippen LogP contribution in [0.4, 0.5) is 0 Å². The number of fused-ring (bicyclic) bond motifs is 1. The van der Waals surface area contributed by atoms with Crippen molar-refractivity contribution in [1.29, 1.82) is 0 Å². The third-order valence-electron chi connectivity index (χ3n) is 3.47. The van der Waals surface area contributed by atoms with Gasteiger partial charge < -0.3 is 9.30 Å². The Hall–Kier alpha value is -1.86. The molecule has 1 aromatic carbocycles. The number of rotatable bonds is 4. The van der Waals surface area contributed by atoms with E-state index in [1.165, 1.54) is 12.5 Å². The predicted octanol–water partition coefficient (Wildman–Crippen LogP) is 0.950. The molecule has 0 radical (unpaired) electrons. The van der Waals surface area contributed by atoms with Gasteiger partial charge in [0.05, 0.1) is 12.9 Å². The van der Waals surface area contributed by atoms with Crippen molar-refractivity contribution in [2.24, 2.45) is 13.0 Å². The molecule has 1 atom stereocenters. The Morgan fingerprint density at radius 1 is 1.43 bits per heavy atom. The summed E-state index contributed by atoms with van der Waals surface area (Å²) < 4.78 is 34.1. The van der Waals surface area contributed by atoms with Gasteiger partial charge in [-0.1, -0.05) is 18.2 Å². The summed E-state index contributed by atoms with van der Waals surface area (Å²) in [5.41, 5.74) is 1.12. The fraction of sp³-hybridized carbons (Fsp3) is 0.357. The summed E-state index contributed by atoms with van der Waals surface area (Å²) in [7, 11) is -1.82. The van der Waals surface area contributed by atoms with Crippen LogP contribution in [-0.4, -0.2) is 31.1 Å². The van der Waals surface area contributed by atoms with Gasteiger partial charge in [0.15, 0.2) is 5.03 Å². The van der Waals surface area contributed by atoms with Crippen molar-refractivity contribution in [2.75, 3.05) is 13.2 Å². The van der Waals surface area contributed by atoms with Crippen LogP contribution >= 0.6 is 0 Å². The molecular formula is C14H17N3O3S. The molecule has 1 aromatic heterocycles. The van der Waals surface area contributed by atoms with Crippen LogP contribution in [0.15, 0.2) is 41.8 Å². The SMILES string of the molecule is Cn1cnc(S(=O)(=O)NCC2COc3ccccc3C2)c1. The third kappa shape index (κ3) is 3.08. The fourth-order valence-corrected chi connectivity index (χ4v) is 3.44. The lowest BCUT2D eigenvalue weighted by atomic mass is 9.97. The number of hydrogen-bond acceptors (Lipinski definition) is 4. The molecule has 3 rings (SSSR count). The highest BCUT2D eigenvalue weighted by molar-refractivity contribution is 7.89. The molecule has 0 saturated heterocycles. The molecule has 1 aliphatic rings. The van der Waals surface area contributed by atoms with Gasteiger partial charge in [0.1, 0.15) is 5.75 Å². The van der Waals surface area contributed by atoms with E-state index < -0.39 is 10.0 Å². The molecule has 1 aliphatic heterocycles. The Morgan fingerprint density at radius 2 is 2.24 bits per heavy atom. The number of imidazole rings is 1. The van der Waals surface area contributed by atoms with Gasteiger partial charge in [-0.15, -0.1) is 0 Å². The number of hydrogen-bond donors (Lipinski definition) is 1. The van der Waals surface area contributed by atoms with Crippen molar-refractivity contribution in [3.05, 3.63) is 42.4 Å². The first-order valence-corrected chi connectivity index (χ1v) is 8.21. The van der Waals surface area contributed by atoms with Crippen LogP contribution in [0.1, 0.15) is 5.56 Å². The van der Waals surface area contributed by atoms with Crippen molar-refractivity contribution in [1.82, 2.24) is 14.3 Å². The van der Waals surface area contributed by atoms with E-state index >= 15 is 0 Å². The maximum Gasteiger partial charge on any atom is 0.259 e. The third-order valence-corrected chi connectivity index (χ3v) is 4.78. The Kier molecular flexibility index (Phi) is 3.69. The molecule has 0 saturated carbocycles. The number of ether oxygens (including phenoxy) is 1. The highest BCUT2D eigenvalue weighted by atomic mass is 32.2. The molecule has 2 heterocycles. The summed E-state index contributed by atoms with van der Waals surface area (Å²) in [5.74, 6) is 1.01. The number of benzene rings is 1. The lowest BCUT2D eigenvalue weighted by Gasteiger charge is -2.25. The van der Waals surface area contributed by atoms with Crippen molar-refractivity contribution in [3.63, 3.8) is 0 Å². The minimum Gasteiger partial charge on any atom is -0.493 e. The van der Waals surface area contributed by atoms with E-state index in [9.17, 15) is 8.42 Å². The van der Waals surface area contributed by atoms with Gasteiger partial charge in [-0.25, -0.2) is 18.1 Å². The summed E-state index contributed by atoms with van der Waals surface area (Å²) in [6.45, 7) is 0.856. The molecule has 1 unspecified atom stereocenters. The molecule has 0 aliphatic carbocycles. The van der Waals surface area contributed by atoms with E-state index in [-0.39, 0.29) is 10.9 Å². The van der Waals surface area contributed by atoms with Crippen LogP contribution in [0.3, 0.4) is 0 Å². The Balaban J connectivity index is 1.64. The second kappa shape index (κ2) is 5.50. The van der Waals surface area contributed by atoms with Crippen molar-refractivity contribution in [3.8, 4) is 5.75 Å². The molecule has 0 bridgehead atoms. The average molecular weight is 307 g/mol. The standard InChI is InChI=1S/C14H17N3O3S/c1-17-8-14(15-10-17)21(18,19)16-7-11-6-12-4-2-3-5-13(12)20-9-11/h2-5,8,10-11,16H,6-7,9H2,1H3. The first-order chi connectivity index (χ1) is 10.0. The van der Waals surface area contributed by atoms with Crippen LogP contribution < -0.4 is 9.46 Å². The number of para-hydroxylation sites is 1. The van der Waals surface area contributed by atoms with E-state index in [1.54, 1.807) is 11.6 Å². The first kappa shape index (κ1) is 14.1. The maximum absolute atomic E-state index is 12.1. The lowest BCUT2D eigenvalue weighted by molar-refractivity contribution is 0.223. The largest absolute Gasteiger partial charge is 0.493 e. The van der Waals surface area contributed by atoms with Crippen molar-refractivity contribution in [2.45, 2.75) is 11.4 Å². The normalized spacial score (nSPS) is 18.0. The van der Waals surface area contributed by atoms with Gasteiger partial charge in [-0.05, 0) is 18.1 Å². The molecular weight excluding hydrogens is 290 g/mol. The summed E-state index contributed by atoms with van der Waals surface area (Å²) in [5, 5.41) is 0.0436. The van der Waals surface area contributed by atoms with Gasteiger partial charge >= 0.3 is 0 Å². The topological polar surface area (TPSA) is 73.2 Å². The molecule has 112 valence electrons. The zero-order valence-electron chi connectivity index (χ0n) is 11.7. The fourth-order valence-electron chi connectivity index (χ4n) is 2.35. The van der Waals surface area contributed by atoms with Gasteiger partial charge in [-0.3, -0.25) is 0 Å². The molecule has 0 spiro atoms. The number of aromatic nitrogens is 2. The van der Waals surface area contributed by atoms with Gasteiger partial charge in [0, 0.05) is 25.7 Å². The van der Waals surface area contributed by atoms with Crippen LogP contribution in [0.25, 0.3) is 0 Å². The Labute approximate surface area is 123 Å². The average Bonchev–Trinajstić information content (AvgIpc) is 2.92. The number of aryl methyl sites for hydroxylation is 1. The van der Waals surface area contributed by atoms with Crippen LogP contribution in [0.5, 0.6) is 5.75 Å². The van der Waals surface area contributed by atoms with E-state index in [2.05, 4.69) is 9.71 Å². The van der Waals surface area contributed by atoms with Gasteiger partial charge in [-0.2, -0.15) is 0 Å². The number of sulfonamides is 1. The van der Waals surface area contributed by atoms with Gasteiger partial charge in [0.25, 0.3) is 10.0 Å². The van der Waals surface area contributed by atoms with E-state index in [0.717, 1.165) is 17.7 Å². The lowest BCUT2D eigenvalue weighted by Crippen LogP contribution is -2.34. The van der Waals surface area contributed by atoms with Crippen molar-refractivity contribution >= 4 is 10.0 Å². The molecule has 21 heavy (non-hydrogen) atoms. The molecule has 7 heteroatoms. The zero-order valence-corrected chi connectivity index (χ0v) is 12.5. The minimum absolute atomic E-state index is 0.0436. The zero-order chi connectivity index (χ0) is 14.9. The molecule has 0 amide bonds. The van der Waals surface area contributed by atoms with E-state index in [4.69, 9.17) is 4.74 Å². The molecule has 0 fully saturated rings. The smallest absolute Gasteiger partial charge is 0.259 e. The predicted molar refractivity (Wildman–Crippen MR) is 77.5 cm³/mol. The Bertz CT molecular complexity index is 739. The number of nitrogens with zero attached hydrogens (tertiary/aromatic N) is 2. The number of nitrogens with one attached hydrogen (secondary N) is 1.